The number of piperazine rings is 1. The van der Waals surface area contributed by atoms with Gasteiger partial charge in [0.15, 0.2) is 11.5 Å². The number of ether oxygens (including phenoxy) is 2. The van der Waals surface area contributed by atoms with Crippen molar-refractivity contribution in [2.24, 2.45) is 0 Å². The highest BCUT2D eigenvalue weighted by Crippen LogP contribution is 2.40. The molecule has 24 heavy (non-hydrogen) atoms. The number of aromatic nitrogens is 1. The highest BCUT2D eigenvalue weighted by molar-refractivity contribution is 7.12. The van der Waals surface area contributed by atoms with Crippen LogP contribution in [0.3, 0.4) is 0 Å². The van der Waals surface area contributed by atoms with E-state index in [0.29, 0.717) is 42.7 Å². The van der Waals surface area contributed by atoms with Crippen molar-refractivity contribution in [3.05, 3.63) is 34.2 Å². The van der Waals surface area contributed by atoms with E-state index in [1.807, 2.05) is 22.5 Å². The van der Waals surface area contributed by atoms with Crippen LogP contribution in [0, 0.1) is 6.92 Å². The number of fused-ring (bicyclic) bond motifs is 1. The van der Waals surface area contributed by atoms with Crippen LogP contribution in [0.25, 0.3) is 0 Å². The van der Waals surface area contributed by atoms with Crippen molar-refractivity contribution in [1.29, 1.82) is 0 Å². The Kier molecular flexibility index (Phi) is 4.02. The Balaban J connectivity index is 1.45. The summed E-state index contributed by atoms with van der Waals surface area (Å²) < 4.78 is 11.2. The Morgan fingerprint density at radius 1 is 1.21 bits per heavy atom. The number of aryl methyl sites for hydroxylation is 1. The molecule has 0 saturated carbocycles. The molecule has 1 amide bonds. The third-order valence-corrected chi connectivity index (χ3v) is 5.27. The molecule has 0 unspecified atom stereocenters. The predicted molar refractivity (Wildman–Crippen MR) is 92.4 cm³/mol. The molecule has 2 aliphatic rings. The number of amides is 1. The number of nitrogens with zero attached hydrogens (tertiary/aromatic N) is 3. The highest BCUT2D eigenvalue weighted by Gasteiger charge is 2.29. The summed E-state index contributed by atoms with van der Waals surface area (Å²) >= 11 is 1.40. The van der Waals surface area contributed by atoms with E-state index < -0.39 is 0 Å². The first kappa shape index (κ1) is 15.3. The molecule has 126 valence electrons. The predicted octanol–water partition coefficient (Wildman–Crippen LogP) is 2.19. The topological polar surface area (TPSA) is 54.9 Å². The first-order chi connectivity index (χ1) is 11.7. The molecular weight excluding hydrogens is 326 g/mol. The van der Waals surface area contributed by atoms with E-state index in [4.69, 9.17) is 9.47 Å². The average Bonchev–Trinajstić information content (AvgIpc) is 3.06. The zero-order chi connectivity index (χ0) is 16.5. The monoisotopic (exact) mass is 345 g/mol. The fourth-order valence-corrected chi connectivity index (χ4v) is 3.98. The van der Waals surface area contributed by atoms with E-state index in [1.165, 1.54) is 11.3 Å². The van der Waals surface area contributed by atoms with Crippen molar-refractivity contribution < 1.29 is 14.3 Å². The lowest BCUT2D eigenvalue weighted by Gasteiger charge is -2.36. The Bertz CT molecular complexity index is 753. The van der Waals surface area contributed by atoms with Crippen LogP contribution in [0.1, 0.15) is 15.2 Å². The van der Waals surface area contributed by atoms with E-state index in [2.05, 4.69) is 22.9 Å². The maximum atomic E-state index is 12.8. The molecule has 4 heterocycles. The molecule has 0 atom stereocenters. The minimum Gasteiger partial charge on any atom is -0.485 e. The van der Waals surface area contributed by atoms with E-state index >= 15 is 0 Å². The van der Waals surface area contributed by atoms with E-state index in [0.717, 1.165) is 24.5 Å². The summed E-state index contributed by atoms with van der Waals surface area (Å²) in [6, 6.07) is 4.01. The fourth-order valence-electron chi connectivity index (χ4n) is 3.08. The van der Waals surface area contributed by atoms with Gasteiger partial charge in [0, 0.05) is 37.8 Å². The van der Waals surface area contributed by atoms with Gasteiger partial charge in [-0.1, -0.05) is 6.07 Å². The zero-order valence-corrected chi connectivity index (χ0v) is 14.3. The van der Waals surface area contributed by atoms with Gasteiger partial charge in [-0.3, -0.25) is 4.79 Å². The summed E-state index contributed by atoms with van der Waals surface area (Å²) in [5, 5.41) is 1.86. The molecule has 0 aliphatic carbocycles. The Morgan fingerprint density at radius 3 is 2.79 bits per heavy atom. The van der Waals surface area contributed by atoms with Gasteiger partial charge in [0.1, 0.15) is 23.9 Å². The molecule has 0 spiro atoms. The summed E-state index contributed by atoms with van der Waals surface area (Å²) in [7, 11) is 0. The van der Waals surface area contributed by atoms with Crippen LogP contribution < -0.4 is 14.4 Å². The van der Waals surface area contributed by atoms with Gasteiger partial charge in [-0.15, -0.1) is 11.3 Å². The normalized spacial score (nSPS) is 17.0. The lowest BCUT2D eigenvalue weighted by atomic mass is 10.2. The summed E-state index contributed by atoms with van der Waals surface area (Å²) in [5.74, 6) is 2.34. The quantitative estimate of drug-likeness (QED) is 0.835. The average molecular weight is 345 g/mol. The molecule has 1 fully saturated rings. The van der Waals surface area contributed by atoms with Gasteiger partial charge in [0.05, 0.1) is 0 Å². The number of hydrogen-bond acceptors (Lipinski definition) is 6. The smallest absolute Gasteiger partial charge is 0.268 e. The van der Waals surface area contributed by atoms with Crippen LogP contribution in [-0.2, 0) is 0 Å². The molecule has 2 aromatic rings. The Hall–Kier alpha value is -2.28. The maximum Gasteiger partial charge on any atom is 0.268 e. The van der Waals surface area contributed by atoms with Crippen LogP contribution in [-0.4, -0.2) is 55.2 Å². The molecule has 0 radical (unpaired) electrons. The van der Waals surface area contributed by atoms with Gasteiger partial charge in [-0.05, 0) is 18.6 Å². The van der Waals surface area contributed by atoms with Crippen molar-refractivity contribution >= 4 is 23.1 Å². The molecule has 1 saturated heterocycles. The summed E-state index contributed by atoms with van der Waals surface area (Å²) in [6.07, 6.45) is 1.81. The number of anilines is 1. The van der Waals surface area contributed by atoms with E-state index in [9.17, 15) is 4.79 Å². The number of rotatable bonds is 2. The van der Waals surface area contributed by atoms with Gasteiger partial charge in [0.25, 0.3) is 5.91 Å². The van der Waals surface area contributed by atoms with Gasteiger partial charge >= 0.3 is 0 Å². The molecule has 4 rings (SSSR count). The Labute approximate surface area is 144 Å². The van der Waals surface area contributed by atoms with Gasteiger partial charge in [-0.25, -0.2) is 4.98 Å². The van der Waals surface area contributed by atoms with Crippen molar-refractivity contribution in [2.45, 2.75) is 6.92 Å². The maximum absolute atomic E-state index is 12.8. The Morgan fingerprint density at radius 2 is 2.00 bits per heavy atom. The second-order valence-corrected chi connectivity index (χ2v) is 6.76. The van der Waals surface area contributed by atoms with Crippen LogP contribution in [0.15, 0.2) is 23.7 Å². The largest absolute Gasteiger partial charge is 0.485 e. The van der Waals surface area contributed by atoms with E-state index in [-0.39, 0.29) is 5.91 Å². The number of thiophene rings is 1. The van der Waals surface area contributed by atoms with Gasteiger partial charge < -0.3 is 19.3 Å². The molecular formula is C17H19N3O3S. The van der Waals surface area contributed by atoms with Crippen molar-refractivity contribution in [2.75, 3.05) is 44.3 Å². The number of carbonyl (C=O) groups excluding carboxylic acids is 1. The molecule has 0 aromatic carbocycles. The minimum atomic E-state index is 0.0316. The molecule has 0 bridgehead atoms. The fraction of sp³-hybridized carbons (Fsp3) is 0.412. The third-order valence-electron chi connectivity index (χ3n) is 4.34. The molecule has 7 heteroatoms. The third kappa shape index (κ3) is 2.69. The molecule has 6 nitrogen and oxygen atoms in total. The second-order valence-electron chi connectivity index (χ2n) is 5.88. The minimum absolute atomic E-state index is 0.0316. The van der Waals surface area contributed by atoms with Crippen LogP contribution in [0.5, 0.6) is 11.5 Å². The molecule has 2 aromatic heterocycles. The zero-order valence-electron chi connectivity index (χ0n) is 13.5. The lowest BCUT2D eigenvalue weighted by Crippen LogP contribution is -2.49. The van der Waals surface area contributed by atoms with Gasteiger partial charge in [0.2, 0.25) is 0 Å². The van der Waals surface area contributed by atoms with E-state index in [1.54, 1.807) is 0 Å². The van der Waals surface area contributed by atoms with Crippen molar-refractivity contribution in [1.82, 2.24) is 9.88 Å². The first-order valence-electron chi connectivity index (χ1n) is 8.07. The van der Waals surface area contributed by atoms with Crippen LogP contribution >= 0.6 is 11.3 Å². The number of pyridine rings is 1. The summed E-state index contributed by atoms with van der Waals surface area (Å²) in [6.45, 7) is 6.04. The van der Waals surface area contributed by atoms with Gasteiger partial charge in [-0.2, -0.15) is 0 Å². The van der Waals surface area contributed by atoms with Crippen molar-refractivity contribution in [3.63, 3.8) is 0 Å². The second kappa shape index (κ2) is 6.32. The first-order valence-corrected chi connectivity index (χ1v) is 8.95. The number of hydrogen-bond donors (Lipinski definition) is 0. The summed E-state index contributed by atoms with van der Waals surface area (Å²) in [5.41, 5.74) is 1.16. The SMILES string of the molecule is Cc1cccnc1N1CCN(C(=O)c2scc3c2OCCO3)CC1. The number of carbonyl (C=O) groups is 1. The molecule has 0 N–H and O–H groups in total. The lowest BCUT2D eigenvalue weighted by molar-refractivity contribution is 0.0742. The standard InChI is InChI=1S/C17H19N3O3S/c1-12-3-2-4-18-16(12)19-5-7-20(8-6-19)17(21)15-14-13(11-24-15)22-9-10-23-14/h2-4,11H,5-10H2,1H3. The van der Waals surface area contributed by atoms with Crippen LogP contribution in [0.2, 0.25) is 0 Å². The highest BCUT2D eigenvalue weighted by atomic mass is 32.1. The van der Waals surface area contributed by atoms with Crippen molar-refractivity contribution in [3.8, 4) is 11.5 Å². The molecule has 2 aliphatic heterocycles. The summed E-state index contributed by atoms with van der Waals surface area (Å²) in [4.78, 5) is 22.0. The van der Waals surface area contributed by atoms with Crippen LogP contribution in [0.4, 0.5) is 5.82 Å².